The lowest BCUT2D eigenvalue weighted by Crippen LogP contribution is -2.07. The van der Waals surface area contributed by atoms with Crippen molar-refractivity contribution in [2.45, 2.75) is 13.0 Å². The van der Waals surface area contributed by atoms with E-state index < -0.39 is 0 Å². The van der Waals surface area contributed by atoms with Crippen molar-refractivity contribution in [2.75, 3.05) is 20.5 Å². The first-order valence-electron chi connectivity index (χ1n) is 7.81. The number of hydrogen-bond donors (Lipinski definition) is 1. The van der Waals surface area contributed by atoms with Crippen LogP contribution in [0.3, 0.4) is 0 Å². The summed E-state index contributed by atoms with van der Waals surface area (Å²) in [5.74, 6) is 3.16. The molecule has 2 heterocycles. The van der Waals surface area contributed by atoms with Gasteiger partial charge in [0.1, 0.15) is 11.6 Å². The number of methoxy groups -OCH3 is 1. The molecule has 0 atom stereocenters. The molecule has 1 aliphatic heterocycles. The Hall–Kier alpha value is -2.73. The van der Waals surface area contributed by atoms with Gasteiger partial charge in [0, 0.05) is 25.1 Å². The van der Waals surface area contributed by atoms with Crippen molar-refractivity contribution in [1.29, 1.82) is 0 Å². The van der Waals surface area contributed by atoms with Gasteiger partial charge in [-0.2, -0.15) is 0 Å². The molecule has 1 aromatic heterocycles. The number of rotatable bonds is 5. The molecule has 0 aliphatic carbocycles. The molecule has 3 aromatic rings. The van der Waals surface area contributed by atoms with Crippen LogP contribution in [0.1, 0.15) is 11.4 Å². The molecular formula is C18H18N2O4. The van der Waals surface area contributed by atoms with E-state index in [0.717, 1.165) is 33.9 Å². The SMILES string of the molecule is COc1ccc(Cc2nc3cc4c(cc3n2CCO)OCO4)cc1. The fourth-order valence-electron chi connectivity index (χ4n) is 2.98. The Morgan fingerprint density at radius 3 is 2.62 bits per heavy atom. The van der Waals surface area contributed by atoms with Crippen LogP contribution < -0.4 is 14.2 Å². The number of benzene rings is 2. The molecule has 0 radical (unpaired) electrons. The van der Waals surface area contributed by atoms with E-state index in [1.807, 2.05) is 41.0 Å². The average Bonchev–Trinajstić information content (AvgIpc) is 3.18. The van der Waals surface area contributed by atoms with Gasteiger partial charge in [0.2, 0.25) is 6.79 Å². The molecule has 0 saturated carbocycles. The number of ether oxygens (including phenoxy) is 3. The molecule has 0 spiro atoms. The number of fused-ring (bicyclic) bond motifs is 2. The fraction of sp³-hybridized carbons (Fsp3) is 0.278. The number of imidazole rings is 1. The van der Waals surface area contributed by atoms with Crippen molar-refractivity contribution in [3.63, 3.8) is 0 Å². The summed E-state index contributed by atoms with van der Waals surface area (Å²) in [6, 6.07) is 11.7. The maximum atomic E-state index is 9.43. The Morgan fingerprint density at radius 1 is 1.17 bits per heavy atom. The van der Waals surface area contributed by atoms with Crippen molar-refractivity contribution < 1.29 is 19.3 Å². The van der Waals surface area contributed by atoms with Gasteiger partial charge in [0.05, 0.1) is 24.8 Å². The highest BCUT2D eigenvalue weighted by atomic mass is 16.7. The summed E-state index contributed by atoms with van der Waals surface area (Å²) in [4.78, 5) is 4.73. The summed E-state index contributed by atoms with van der Waals surface area (Å²) in [6.07, 6.45) is 0.672. The minimum absolute atomic E-state index is 0.0511. The highest BCUT2D eigenvalue weighted by molar-refractivity contribution is 5.81. The number of hydrogen-bond acceptors (Lipinski definition) is 5. The lowest BCUT2D eigenvalue weighted by atomic mass is 10.1. The molecule has 6 heteroatoms. The van der Waals surface area contributed by atoms with Crippen LogP contribution in [-0.4, -0.2) is 35.2 Å². The van der Waals surface area contributed by atoms with Crippen LogP contribution in [0.2, 0.25) is 0 Å². The third-order valence-electron chi connectivity index (χ3n) is 4.17. The molecule has 1 N–H and O–H groups in total. The van der Waals surface area contributed by atoms with E-state index in [2.05, 4.69) is 0 Å². The van der Waals surface area contributed by atoms with Gasteiger partial charge in [-0.15, -0.1) is 0 Å². The van der Waals surface area contributed by atoms with E-state index >= 15 is 0 Å². The summed E-state index contributed by atoms with van der Waals surface area (Å²) in [6.45, 7) is 0.776. The lowest BCUT2D eigenvalue weighted by molar-refractivity contribution is 0.174. The summed E-state index contributed by atoms with van der Waals surface area (Å²) in [7, 11) is 1.65. The second kappa shape index (κ2) is 6.05. The summed E-state index contributed by atoms with van der Waals surface area (Å²) >= 11 is 0. The Kier molecular flexibility index (Phi) is 3.74. The quantitative estimate of drug-likeness (QED) is 0.780. The summed E-state index contributed by atoms with van der Waals surface area (Å²) in [5, 5.41) is 9.43. The highest BCUT2D eigenvalue weighted by Gasteiger charge is 2.19. The van der Waals surface area contributed by atoms with E-state index in [9.17, 15) is 5.11 Å². The molecule has 2 aromatic carbocycles. The van der Waals surface area contributed by atoms with E-state index in [4.69, 9.17) is 19.2 Å². The van der Waals surface area contributed by atoms with Crippen molar-refractivity contribution in [2.24, 2.45) is 0 Å². The van der Waals surface area contributed by atoms with Gasteiger partial charge >= 0.3 is 0 Å². The minimum Gasteiger partial charge on any atom is -0.497 e. The van der Waals surface area contributed by atoms with Gasteiger partial charge in [-0.3, -0.25) is 0 Å². The fourth-order valence-corrected chi connectivity index (χ4v) is 2.98. The molecule has 1 aliphatic rings. The number of aliphatic hydroxyl groups is 1. The monoisotopic (exact) mass is 326 g/mol. The van der Waals surface area contributed by atoms with E-state index in [1.165, 1.54) is 0 Å². The second-order valence-corrected chi connectivity index (χ2v) is 5.62. The van der Waals surface area contributed by atoms with Gasteiger partial charge < -0.3 is 23.9 Å². The van der Waals surface area contributed by atoms with Crippen LogP contribution in [0.15, 0.2) is 36.4 Å². The van der Waals surface area contributed by atoms with Crippen LogP contribution in [0.25, 0.3) is 11.0 Å². The molecule has 0 bridgehead atoms. The minimum atomic E-state index is 0.0511. The number of nitrogens with zero attached hydrogens (tertiary/aromatic N) is 2. The largest absolute Gasteiger partial charge is 0.497 e. The van der Waals surface area contributed by atoms with Crippen LogP contribution >= 0.6 is 0 Å². The predicted molar refractivity (Wildman–Crippen MR) is 88.7 cm³/mol. The average molecular weight is 326 g/mol. The van der Waals surface area contributed by atoms with E-state index in [1.54, 1.807) is 7.11 Å². The van der Waals surface area contributed by atoms with E-state index in [0.29, 0.717) is 18.7 Å². The second-order valence-electron chi connectivity index (χ2n) is 5.62. The Morgan fingerprint density at radius 2 is 1.92 bits per heavy atom. The number of aromatic nitrogens is 2. The predicted octanol–water partition coefficient (Wildman–Crippen LogP) is 2.36. The molecule has 4 rings (SSSR count). The lowest BCUT2D eigenvalue weighted by Gasteiger charge is -2.08. The molecule has 0 unspecified atom stereocenters. The van der Waals surface area contributed by atoms with Crippen LogP contribution in [0.5, 0.6) is 17.2 Å². The maximum Gasteiger partial charge on any atom is 0.231 e. The zero-order valence-corrected chi connectivity index (χ0v) is 13.4. The number of aliphatic hydroxyl groups excluding tert-OH is 1. The van der Waals surface area contributed by atoms with Crippen molar-refractivity contribution >= 4 is 11.0 Å². The van der Waals surface area contributed by atoms with Crippen molar-refractivity contribution in [1.82, 2.24) is 9.55 Å². The van der Waals surface area contributed by atoms with Crippen LogP contribution in [0, 0.1) is 0 Å². The molecule has 6 nitrogen and oxygen atoms in total. The summed E-state index contributed by atoms with van der Waals surface area (Å²) in [5.41, 5.74) is 2.92. The van der Waals surface area contributed by atoms with Gasteiger partial charge in [0.15, 0.2) is 11.5 Å². The zero-order chi connectivity index (χ0) is 16.5. The van der Waals surface area contributed by atoms with Gasteiger partial charge in [-0.25, -0.2) is 4.98 Å². The Labute approximate surface area is 139 Å². The Bertz CT molecular complexity index is 871. The molecular weight excluding hydrogens is 308 g/mol. The van der Waals surface area contributed by atoms with Crippen LogP contribution in [-0.2, 0) is 13.0 Å². The van der Waals surface area contributed by atoms with Gasteiger partial charge in [0.25, 0.3) is 0 Å². The normalized spacial score (nSPS) is 12.8. The third-order valence-corrected chi connectivity index (χ3v) is 4.17. The van der Waals surface area contributed by atoms with E-state index in [-0.39, 0.29) is 13.4 Å². The molecule has 124 valence electrons. The van der Waals surface area contributed by atoms with Crippen molar-refractivity contribution in [3.8, 4) is 17.2 Å². The smallest absolute Gasteiger partial charge is 0.231 e. The standard InChI is InChI=1S/C18H18N2O4/c1-22-13-4-2-12(3-5-13)8-18-19-14-9-16-17(24-11-23-16)10-15(14)20(18)6-7-21/h2-5,9-10,21H,6-8,11H2,1H3. The highest BCUT2D eigenvalue weighted by Crippen LogP contribution is 2.36. The van der Waals surface area contributed by atoms with Crippen molar-refractivity contribution in [3.05, 3.63) is 47.8 Å². The molecule has 0 amide bonds. The third kappa shape index (κ3) is 2.55. The first-order valence-corrected chi connectivity index (χ1v) is 7.81. The molecule has 24 heavy (non-hydrogen) atoms. The van der Waals surface area contributed by atoms with Gasteiger partial charge in [-0.1, -0.05) is 12.1 Å². The van der Waals surface area contributed by atoms with Crippen LogP contribution in [0.4, 0.5) is 0 Å². The first kappa shape index (κ1) is 14.8. The van der Waals surface area contributed by atoms with Gasteiger partial charge in [-0.05, 0) is 17.7 Å². The first-order chi connectivity index (χ1) is 11.8. The zero-order valence-electron chi connectivity index (χ0n) is 13.4. The topological polar surface area (TPSA) is 65.7 Å². The summed E-state index contributed by atoms with van der Waals surface area (Å²) < 4.78 is 18.1. The molecule has 0 fully saturated rings. The maximum absolute atomic E-state index is 9.43. The molecule has 0 saturated heterocycles. The Balaban J connectivity index is 1.74.